The van der Waals surface area contributed by atoms with E-state index in [2.05, 4.69) is 15.4 Å². The average molecular weight is 412 g/mol. The molecule has 0 bridgehead atoms. The van der Waals surface area contributed by atoms with Gasteiger partial charge in [0.25, 0.3) is 5.56 Å². The highest BCUT2D eigenvalue weighted by Crippen LogP contribution is 2.21. The first-order chi connectivity index (χ1) is 13.9. The minimum Gasteiger partial charge on any atom is -0.322 e. The average Bonchev–Trinajstić information content (AvgIpc) is 3.12. The standard InChI is InChI=1S/C20H15ClFN5O2/c1-12-6-7-13(21)8-17(12)27-19-14(9-24-27)20(29)26(11-23-19)10-18(28)25-16-5-3-2-4-15(16)22/h2-9,11H,10H2,1H3,(H,25,28). The highest BCUT2D eigenvalue weighted by Gasteiger charge is 2.15. The molecule has 7 nitrogen and oxygen atoms in total. The summed E-state index contributed by atoms with van der Waals surface area (Å²) >= 11 is 6.08. The van der Waals surface area contributed by atoms with Crippen molar-refractivity contribution in [2.45, 2.75) is 13.5 Å². The Morgan fingerprint density at radius 3 is 2.83 bits per heavy atom. The minimum absolute atomic E-state index is 0.0452. The maximum absolute atomic E-state index is 13.7. The number of hydrogen-bond donors (Lipinski definition) is 1. The molecule has 1 amide bonds. The van der Waals surface area contributed by atoms with Gasteiger partial charge in [0.2, 0.25) is 5.91 Å². The van der Waals surface area contributed by atoms with Crippen LogP contribution in [0.4, 0.5) is 10.1 Å². The molecular formula is C20H15ClFN5O2. The van der Waals surface area contributed by atoms with Gasteiger partial charge in [0.05, 0.1) is 17.6 Å². The van der Waals surface area contributed by atoms with Gasteiger partial charge in [0, 0.05) is 5.02 Å². The van der Waals surface area contributed by atoms with Gasteiger partial charge in [-0.05, 0) is 36.8 Å². The van der Waals surface area contributed by atoms with Crippen molar-refractivity contribution in [2.75, 3.05) is 5.32 Å². The molecule has 4 rings (SSSR count). The summed E-state index contributed by atoms with van der Waals surface area (Å²) in [5.41, 5.74) is 1.59. The van der Waals surface area contributed by atoms with Gasteiger partial charge in [0.1, 0.15) is 24.1 Å². The molecule has 29 heavy (non-hydrogen) atoms. The fourth-order valence-corrected chi connectivity index (χ4v) is 3.12. The van der Waals surface area contributed by atoms with Crippen LogP contribution in [-0.4, -0.2) is 25.2 Å². The number of carbonyl (C=O) groups is 1. The fourth-order valence-electron chi connectivity index (χ4n) is 2.96. The van der Waals surface area contributed by atoms with Crippen LogP contribution in [0.3, 0.4) is 0 Å². The van der Waals surface area contributed by atoms with E-state index in [1.165, 1.54) is 35.4 Å². The monoisotopic (exact) mass is 411 g/mol. The number of anilines is 1. The summed E-state index contributed by atoms with van der Waals surface area (Å²) in [7, 11) is 0. The highest BCUT2D eigenvalue weighted by molar-refractivity contribution is 6.30. The molecule has 0 saturated heterocycles. The smallest absolute Gasteiger partial charge is 0.264 e. The first kappa shape index (κ1) is 18.8. The SMILES string of the molecule is Cc1ccc(Cl)cc1-n1ncc2c(=O)n(CC(=O)Nc3ccccc3F)cnc21. The maximum atomic E-state index is 13.7. The Bertz CT molecular complexity index is 1300. The van der Waals surface area contributed by atoms with E-state index in [0.29, 0.717) is 16.4 Å². The van der Waals surface area contributed by atoms with Gasteiger partial charge in [-0.3, -0.25) is 14.2 Å². The lowest BCUT2D eigenvalue weighted by Crippen LogP contribution is -2.28. The molecular weight excluding hydrogens is 397 g/mol. The van der Waals surface area contributed by atoms with Crippen molar-refractivity contribution in [3.63, 3.8) is 0 Å². The second-order valence-electron chi connectivity index (χ2n) is 6.43. The summed E-state index contributed by atoms with van der Waals surface area (Å²) in [6.07, 6.45) is 2.67. The molecule has 2 aromatic carbocycles. The molecule has 0 saturated carbocycles. The van der Waals surface area contributed by atoms with E-state index in [-0.39, 0.29) is 17.6 Å². The molecule has 0 aliphatic rings. The lowest BCUT2D eigenvalue weighted by atomic mass is 10.2. The van der Waals surface area contributed by atoms with Crippen molar-refractivity contribution in [1.82, 2.24) is 19.3 Å². The topological polar surface area (TPSA) is 81.8 Å². The van der Waals surface area contributed by atoms with Crippen LogP contribution >= 0.6 is 11.6 Å². The van der Waals surface area contributed by atoms with E-state index in [9.17, 15) is 14.0 Å². The summed E-state index contributed by atoms with van der Waals surface area (Å²) in [6, 6.07) is 11.1. The van der Waals surface area contributed by atoms with Crippen LogP contribution in [0.2, 0.25) is 5.02 Å². The molecule has 0 aliphatic carbocycles. The van der Waals surface area contributed by atoms with Crippen molar-refractivity contribution >= 4 is 34.2 Å². The lowest BCUT2D eigenvalue weighted by molar-refractivity contribution is -0.116. The molecule has 1 N–H and O–H groups in total. The third kappa shape index (κ3) is 3.62. The Balaban J connectivity index is 1.65. The molecule has 0 fully saturated rings. The lowest BCUT2D eigenvalue weighted by Gasteiger charge is -2.09. The summed E-state index contributed by atoms with van der Waals surface area (Å²) in [4.78, 5) is 29.3. The summed E-state index contributed by atoms with van der Waals surface area (Å²) in [5, 5.41) is 7.49. The van der Waals surface area contributed by atoms with Crippen molar-refractivity contribution in [3.8, 4) is 5.69 Å². The first-order valence-corrected chi connectivity index (χ1v) is 9.06. The molecule has 9 heteroatoms. The second kappa shape index (κ2) is 7.48. The normalized spacial score (nSPS) is 11.0. The van der Waals surface area contributed by atoms with E-state index < -0.39 is 17.3 Å². The molecule has 2 aromatic heterocycles. The van der Waals surface area contributed by atoms with Gasteiger partial charge in [-0.25, -0.2) is 14.1 Å². The van der Waals surface area contributed by atoms with Crippen molar-refractivity contribution < 1.29 is 9.18 Å². The molecule has 0 unspecified atom stereocenters. The highest BCUT2D eigenvalue weighted by atomic mass is 35.5. The molecule has 146 valence electrons. The number of benzene rings is 2. The minimum atomic E-state index is -0.556. The predicted molar refractivity (Wildman–Crippen MR) is 108 cm³/mol. The molecule has 0 spiro atoms. The molecule has 4 aromatic rings. The number of rotatable bonds is 4. The van der Waals surface area contributed by atoms with Gasteiger partial charge < -0.3 is 5.32 Å². The predicted octanol–water partition coefficient (Wildman–Crippen LogP) is 3.32. The van der Waals surface area contributed by atoms with Crippen LogP contribution in [0.5, 0.6) is 0 Å². The van der Waals surface area contributed by atoms with Gasteiger partial charge in [-0.1, -0.05) is 29.8 Å². The van der Waals surface area contributed by atoms with Crippen molar-refractivity contribution in [2.24, 2.45) is 0 Å². The Morgan fingerprint density at radius 1 is 1.24 bits per heavy atom. The molecule has 2 heterocycles. The number of carbonyl (C=O) groups excluding carboxylic acids is 1. The van der Waals surface area contributed by atoms with Crippen LogP contribution in [0.15, 0.2) is 59.8 Å². The largest absolute Gasteiger partial charge is 0.322 e. The van der Waals surface area contributed by atoms with Crippen molar-refractivity contribution in [1.29, 1.82) is 0 Å². The number of para-hydroxylation sites is 1. The van der Waals surface area contributed by atoms with E-state index >= 15 is 0 Å². The summed E-state index contributed by atoms with van der Waals surface area (Å²) in [5.74, 6) is -1.10. The maximum Gasteiger partial charge on any atom is 0.264 e. The Labute approximate surface area is 169 Å². The van der Waals surface area contributed by atoms with E-state index in [1.807, 2.05) is 13.0 Å². The number of fused-ring (bicyclic) bond motifs is 1. The quantitative estimate of drug-likeness (QED) is 0.558. The third-order valence-corrected chi connectivity index (χ3v) is 4.65. The van der Waals surface area contributed by atoms with E-state index in [1.54, 1.807) is 18.2 Å². The number of hydrogen-bond acceptors (Lipinski definition) is 4. The van der Waals surface area contributed by atoms with Crippen LogP contribution < -0.4 is 10.9 Å². The summed E-state index contributed by atoms with van der Waals surface area (Å²) < 4.78 is 16.4. The zero-order chi connectivity index (χ0) is 20.5. The van der Waals surface area contributed by atoms with Crippen molar-refractivity contribution in [3.05, 3.63) is 81.7 Å². The number of amides is 1. The summed E-state index contributed by atoms with van der Waals surface area (Å²) in [6.45, 7) is 1.59. The molecule has 0 aliphatic heterocycles. The molecule has 0 atom stereocenters. The van der Waals surface area contributed by atoms with Crippen LogP contribution in [0.25, 0.3) is 16.7 Å². The number of aryl methyl sites for hydroxylation is 1. The van der Waals surface area contributed by atoms with E-state index in [4.69, 9.17) is 11.6 Å². The number of aromatic nitrogens is 4. The zero-order valence-electron chi connectivity index (χ0n) is 15.3. The van der Waals surface area contributed by atoms with Gasteiger partial charge >= 0.3 is 0 Å². The first-order valence-electron chi connectivity index (χ1n) is 8.68. The van der Waals surface area contributed by atoms with E-state index in [0.717, 1.165) is 10.1 Å². The van der Waals surface area contributed by atoms with Gasteiger partial charge in [-0.2, -0.15) is 5.10 Å². The second-order valence-corrected chi connectivity index (χ2v) is 6.87. The number of nitrogens with zero attached hydrogens (tertiary/aromatic N) is 4. The zero-order valence-corrected chi connectivity index (χ0v) is 16.0. The van der Waals surface area contributed by atoms with Crippen LogP contribution in [0.1, 0.15) is 5.56 Å². The fraction of sp³-hybridized carbons (Fsp3) is 0.100. The van der Waals surface area contributed by atoms with Gasteiger partial charge in [-0.15, -0.1) is 0 Å². The van der Waals surface area contributed by atoms with Crippen LogP contribution in [-0.2, 0) is 11.3 Å². The number of halogens is 2. The third-order valence-electron chi connectivity index (χ3n) is 4.42. The van der Waals surface area contributed by atoms with Gasteiger partial charge in [0.15, 0.2) is 5.65 Å². The molecule has 0 radical (unpaired) electrons. The Morgan fingerprint density at radius 2 is 2.03 bits per heavy atom. The Kier molecular flexibility index (Phi) is 4.85. The van der Waals surface area contributed by atoms with Crippen LogP contribution in [0, 0.1) is 12.7 Å². The number of nitrogens with one attached hydrogen (secondary N) is 1. The Hall–Kier alpha value is -3.52.